The number of aliphatic hydroxyl groups excluding tert-OH is 1. The Labute approximate surface area is 132 Å². The van der Waals surface area contributed by atoms with E-state index >= 15 is 0 Å². The second-order valence-corrected chi connectivity index (χ2v) is 5.83. The highest BCUT2D eigenvalue weighted by Crippen LogP contribution is 2.35. The molecule has 0 radical (unpaired) electrons. The Balaban J connectivity index is 1.98. The Morgan fingerprint density at radius 1 is 1.39 bits per heavy atom. The number of hydrogen-bond donors (Lipinski definition) is 1. The van der Waals surface area contributed by atoms with Crippen molar-refractivity contribution in [2.24, 2.45) is 7.05 Å². The fraction of sp³-hybridized carbons (Fsp3) is 0.375. The van der Waals surface area contributed by atoms with Gasteiger partial charge in [0.25, 0.3) is 5.91 Å². The summed E-state index contributed by atoms with van der Waals surface area (Å²) in [5.41, 5.74) is 1.03. The minimum absolute atomic E-state index is 0.0772. The van der Waals surface area contributed by atoms with Crippen LogP contribution in [0.25, 0.3) is 0 Å². The van der Waals surface area contributed by atoms with Crippen LogP contribution in [0.1, 0.15) is 34.1 Å². The lowest BCUT2D eigenvalue weighted by atomic mass is 10.0. The molecule has 0 spiro atoms. The van der Waals surface area contributed by atoms with Crippen molar-refractivity contribution in [1.82, 2.24) is 14.7 Å². The number of carbonyl (C=O) groups is 1. The molecule has 0 bridgehead atoms. The van der Waals surface area contributed by atoms with Crippen LogP contribution >= 0.6 is 0 Å². The number of aliphatic hydroxyl groups is 1. The molecular formula is C16H17F2N3O2. The van der Waals surface area contributed by atoms with Crippen LogP contribution in [0, 0.1) is 18.6 Å². The summed E-state index contributed by atoms with van der Waals surface area (Å²) < 4.78 is 29.1. The molecule has 23 heavy (non-hydrogen) atoms. The van der Waals surface area contributed by atoms with Crippen LogP contribution in [-0.2, 0) is 7.05 Å². The van der Waals surface area contributed by atoms with Gasteiger partial charge in [-0.3, -0.25) is 9.48 Å². The third-order valence-electron chi connectivity index (χ3n) is 4.10. The first-order valence-electron chi connectivity index (χ1n) is 7.31. The predicted octanol–water partition coefficient (Wildman–Crippen LogP) is 1.95. The van der Waals surface area contributed by atoms with Crippen LogP contribution in [0.15, 0.2) is 24.4 Å². The average Bonchev–Trinajstić information content (AvgIpc) is 3.03. The van der Waals surface area contributed by atoms with Gasteiger partial charge in [-0.2, -0.15) is 5.10 Å². The van der Waals surface area contributed by atoms with Gasteiger partial charge in [0.15, 0.2) is 0 Å². The van der Waals surface area contributed by atoms with E-state index in [1.165, 1.54) is 9.58 Å². The third-order valence-corrected chi connectivity index (χ3v) is 4.10. The molecule has 1 aliphatic rings. The molecule has 1 aromatic heterocycles. The van der Waals surface area contributed by atoms with Crippen LogP contribution in [-0.4, -0.2) is 38.3 Å². The average molecular weight is 321 g/mol. The van der Waals surface area contributed by atoms with Gasteiger partial charge in [-0.25, -0.2) is 8.78 Å². The van der Waals surface area contributed by atoms with E-state index in [1.54, 1.807) is 20.2 Å². The first-order chi connectivity index (χ1) is 10.9. The summed E-state index contributed by atoms with van der Waals surface area (Å²) in [4.78, 5) is 14.1. The van der Waals surface area contributed by atoms with E-state index in [4.69, 9.17) is 0 Å². The fourth-order valence-electron chi connectivity index (χ4n) is 3.07. The monoisotopic (exact) mass is 321 g/mol. The highest BCUT2D eigenvalue weighted by molar-refractivity contribution is 5.95. The number of likely N-dealkylation sites (tertiary alicyclic amines) is 1. The number of halogens is 2. The van der Waals surface area contributed by atoms with Gasteiger partial charge in [-0.15, -0.1) is 0 Å². The summed E-state index contributed by atoms with van der Waals surface area (Å²) in [6.07, 6.45) is 0.982. The number of aromatic nitrogens is 2. The second-order valence-electron chi connectivity index (χ2n) is 5.83. The molecule has 122 valence electrons. The lowest BCUT2D eigenvalue weighted by Gasteiger charge is -2.25. The summed E-state index contributed by atoms with van der Waals surface area (Å²) in [5, 5.41) is 14.1. The van der Waals surface area contributed by atoms with Crippen molar-refractivity contribution in [3.8, 4) is 0 Å². The molecule has 3 rings (SSSR count). The summed E-state index contributed by atoms with van der Waals surface area (Å²) in [7, 11) is 1.70. The number of β-amino-alcohol motifs (C(OH)–C–C–N with tert-alkyl or cyclic N) is 1. The Hall–Kier alpha value is -2.28. The van der Waals surface area contributed by atoms with Crippen molar-refractivity contribution in [3.63, 3.8) is 0 Å². The van der Waals surface area contributed by atoms with Crippen molar-refractivity contribution in [2.45, 2.75) is 25.5 Å². The van der Waals surface area contributed by atoms with Gasteiger partial charge in [0.05, 0.1) is 23.4 Å². The van der Waals surface area contributed by atoms with E-state index in [1.807, 2.05) is 0 Å². The topological polar surface area (TPSA) is 58.4 Å². The van der Waals surface area contributed by atoms with Crippen LogP contribution in [0.4, 0.5) is 8.78 Å². The third kappa shape index (κ3) is 2.84. The summed E-state index contributed by atoms with van der Waals surface area (Å²) in [6, 6.07) is 2.44. The number of hydrogen-bond acceptors (Lipinski definition) is 3. The highest BCUT2D eigenvalue weighted by atomic mass is 19.1. The molecule has 1 aromatic carbocycles. The molecule has 2 atom stereocenters. The summed E-state index contributed by atoms with van der Waals surface area (Å²) in [5.74, 6) is -1.51. The molecular weight excluding hydrogens is 304 g/mol. The first-order valence-corrected chi connectivity index (χ1v) is 7.31. The second kappa shape index (κ2) is 5.73. The van der Waals surface area contributed by atoms with Gasteiger partial charge in [0, 0.05) is 25.4 Å². The Morgan fingerprint density at radius 2 is 2.13 bits per heavy atom. The minimum atomic E-state index is -0.774. The normalized spacial score (nSPS) is 21.0. The molecule has 2 aromatic rings. The van der Waals surface area contributed by atoms with Crippen molar-refractivity contribution >= 4 is 5.91 Å². The Morgan fingerprint density at radius 3 is 2.78 bits per heavy atom. The molecule has 2 heterocycles. The first kappa shape index (κ1) is 15.6. The SMILES string of the molecule is Cc1nn(C)cc1C(=O)N1C[C@H](O)C[C@@H]1c1cc(F)ccc1F. The highest BCUT2D eigenvalue weighted by Gasteiger charge is 2.38. The Kier molecular flexibility index (Phi) is 3.89. The van der Waals surface area contributed by atoms with Gasteiger partial charge < -0.3 is 10.0 Å². The lowest BCUT2D eigenvalue weighted by molar-refractivity contribution is 0.0713. The zero-order chi connectivity index (χ0) is 16.7. The van der Waals surface area contributed by atoms with Gasteiger partial charge in [0.1, 0.15) is 11.6 Å². The number of amides is 1. The zero-order valence-corrected chi connectivity index (χ0v) is 12.8. The van der Waals surface area contributed by atoms with E-state index < -0.39 is 23.8 Å². The molecule has 0 aliphatic carbocycles. The predicted molar refractivity (Wildman–Crippen MR) is 78.7 cm³/mol. The maximum absolute atomic E-state index is 14.1. The van der Waals surface area contributed by atoms with Gasteiger partial charge in [-0.05, 0) is 31.5 Å². The van der Waals surface area contributed by atoms with E-state index in [-0.39, 0.29) is 24.4 Å². The molecule has 1 N–H and O–H groups in total. The number of nitrogens with zero attached hydrogens (tertiary/aromatic N) is 3. The fourth-order valence-corrected chi connectivity index (χ4v) is 3.07. The molecule has 1 amide bonds. The van der Waals surface area contributed by atoms with E-state index in [0.717, 1.165) is 18.2 Å². The zero-order valence-electron chi connectivity index (χ0n) is 12.8. The minimum Gasteiger partial charge on any atom is -0.391 e. The number of aryl methyl sites for hydroxylation is 2. The van der Waals surface area contributed by atoms with Crippen molar-refractivity contribution in [2.75, 3.05) is 6.54 Å². The molecule has 0 saturated carbocycles. The smallest absolute Gasteiger partial charge is 0.257 e. The van der Waals surface area contributed by atoms with E-state index in [2.05, 4.69) is 5.10 Å². The molecule has 1 aliphatic heterocycles. The Bertz CT molecular complexity index is 760. The van der Waals surface area contributed by atoms with Gasteiger partial charge >= 0.3 is 0 Å². The lowest BCUT2D eigenvalue weighted by Crippen LogP contribution is -2.32. The maximum Gasteiger partial charge on any atom is 0.257 e. The van der Waals surface area contributed by atoms with Crippen LogP contribution < -0.4 is 0 Å². The van der Waals surface area contributed by atoms with Crippen LogP contribution in [0.5, 0.6) is 0 Å². The van der Waals surface area contributed by atoms with E-state index in [9.17, 15) is 18.7 Å². The number of rotatable bonds is 2. The van der Waals surface area contributed by atoms with Crippen molar-refractivity contribution < 1.29 is 18.7 Å². The van der Waals surface area contributed by atoms with Crippen molar-refractivity contribution in [3.05, 3.63) is 52.9 Å². The van der Waals surface area contributed by atoms with E-state index in [0.29, 0.717) is 11.3 Å². The quantitative estimate of drug-likeness (QED) is 0.920. The summed E-state index contributed by atoms with van der Waals surface area (Å²) in [6.45, 7) is 1.78. The molecule has 7 heteroatoms. The molecule has 1 fully saturated rings. The maximum atomic E-state index is 14.1. The van der Waals surface area contributed by atoms with Crippen molar-refractivity contribution in [1.29, 1.82) is 0 Å². The number of carbonyl (C=O) groups excluding carboxylic acids is 1. The number of benzene rings is 1. The van der Waals surface area contributed by atoms with Gasteiger partial charge in [0.2, 0.25) is 0 Å². The molecule has 1 saturated heterocycles. The van der Waals surface area contributed by atoms with Crippen LogP contribution in [0.3, 0.4) is 0 Å². The summed E-state index contributed by atoms with van der Waals surface area (Å²) >= 11 is 0. The van der Waals surface area contributed by atoms with Crippen LogP contribution in [0.2, 0.25) is 0 Å². The molecule has 5 nitrogen and oxygen atoms in total. The van der Waals surface area contributed by atoms with Gasteiger partial charge in [-0.1, -0.05) is 0 Å². The largest absolute Gasteiger partial charge is 0.391 e. The standard InChI is InChI=1S/C16H17F2N3O2/c1-9-13(8-20(2)19-9)16(23)21-7-11(22)6-15(21)12-5-10(17)3-4-14(12)18/h3-5,8,11,15,22H,6-7H2,1-2H3/t11-,15-/m1/s1. The molecule has 0 unspecified atom stereocenters.